The minimum atomic E-state index is -0.894. The third-order valence-corrected chi connectivity index (χ3v) is 2.58. The fourth-order valence-corrected chi connectivity index (χ4v) is 1.87. The number of hydrogen-bond acceptors (Lipinski definition) is 3. The lowest BCUT2D eigenvalue weighted by molar-refractivity contribution is 0.0696. The molecule has 5 heteroatoms. The molecule has 2 N–H and O–H groups in total. The molecule has 2 rings (SSSR count). The number of fused-ring (bicyclic) bond motifs is 1. The quantitative estimate of drug-likeness (QED) is 0.775. The molecule has 0 saturated heterocycles. The summed E-state index contributed by atoms with van der Waals surface area (Å²) in [5, 5.41) is 16.6. The second-order valence-electron chi connectivity index (χ2n) is 4.07. The first kappa shape index (κ1) is 10.0. The van der Waals surface area contributed by atoms with Gasteiger partial charge < -0.3 is 10.4 Å². The van der Waals surface area contributed by atoms with Crippen molar-refractivity contribution in [3.63, 3.8) is 0 Å². The van der Waals surface area contributed by atoms with Crippen molar-refractivity contribution in [2.75, 3.05) is 11.9 Å². The second-order valence-corrected chi connectivity index (χ2v) is 4.07. The molecule has 0 radical (unpaired) electrons. The third kappa shape index (κ3) is 1.58. The van der Waals surface area contributed by atoms with Gasteiger partial charge in [-0.3, -0.25) is 0 Å². The maximum atomic E-state index is 11.2. The van der Waals surface area contributed by atoms with Gasteiger partial charge in [-0.1, -0.05) is 13.8 Å². The van der Waals surface area contributed by atoms with Gasteiger partial charge in [0.15, 0.2) is 0 Å². The monoisotopic (exact) mass is 209 g/mol. The molecular formula is C10H15N3O2. The van der Waals surface area contributed by atoms with Crippen LogP contribution in [0.25, 0.3) is 0 Å². The van der Waals surface area contributed by atoms with E-state index in [0.717, 1.165) is 19.5 Å². The van der Waals surface area contributed by atoms with E-state index in [0.29, 0.717) is 17.1 Å². The van der Waals surface area contributed by atoms with Crippen molar-refractivity contribution in [2.45, 2.75) is 32.7 Å². The van der Waals surface area contributed by atoms with Crippen LogP contribution in [-0.4, -0.2) is 27.4 Å². The smallest absolute Gasteiger partial charge is 0.341 e. The van der Waals surface area contributed by atoms with Gasteiger partial charge in [0.05, 0.1) is 5.69 Å². The highest BCUT2D eigenvalue weighted by molar-refractivity contribution is 5.95. The van der Waals surface area contributed by atoms with E-state index in [-0.39, 0.29) is 5.92 Å². The van der Waals surface area contributed by atoms with Crippen molar-refractivity contribution >= 4 is 11.8 Å². The van der Waals surface area contributed by atoms with Gasteiger partial charge in [-0.25, -0.2) is 9.48 Å². The SMILES string of the molecule is CC(C)c1nn2c(c1C(=O)O)NCCC2. The number of carbonyl (C=O) groups is 1. The molecule has 0 amide bonds. The molecule has 1 aliphatic heterocycles. The van der Waals surface area contributed by atoms with Crippen molar-refractivity contribution in [1.82, 2.24) is 9.78 Å². The molecule has 0 aromatic carbocycles. The fraction of sp³-hybridized carbons (Fsp3) is 0.600. The topological polar surface area (TPSA) is 67.2 Å². The first-order chi connectivity index (χ1) is 7.11. The molecule has 0 spiro atoms. The van der Waals surface area contributed by atoms with Crippen molar-refractivity contribution < 1.29 is 9.90 Å². The summed E-state index contributed by atoms with van der Waals surface area (Å²) in [5.41, 5.74) is 1.01. The van der Waals surface area contributed by atoms with Crippen LogP contribution in [0.1, 0.15) is 42.2 Å². The van der Waals surface area contributed by atoms with Crippen molar-refractivity contribution in [1.29, 1.82) is 0 Å². The normalized spacial score (nSPS) is 14.9. The van der Waals surface area contributed by atoms with Gasteiger partial charge in [0, 0.05) is 13.1 Å². The minimum absolute atomic E-state index is 0.135. The highest BCUT2D eigenvalue weighted by Crippen LogP contribution is 2.27. The number of nitrogens with one attached hydrogen (secondary N) is 1. The van der Waals surface area contributed by atoms with Crippen LogP contribution in [0.15, 0.2) is 0 Å². The van der Waals surface area contributed by atoms with Crippen LogP contribution in [0.5, 0.6) is 0 Å². The molecule has 15 heavy (non-hydrogen) atoms. The Morgan fingerprint density at radius 3 is 2.93 bits per heavy atom. The molecule has 0 atom stereocenters. The Balaban J connectivity index is 2.56. The van der Waals surface area contributed by atoms with Gasteiger partial charge in [0.2, 0.25) is 0 Å². The Morgan fingerprint density at radius 1 is 1.60 bits per heavy atom. The summed E-state index contributed by atoms with van der Waals surface area (Å²) in [6.07, 6.45) is 0.991. The summed E-state index contributed by atoms with van der Waals surface area (Å²) in [5.74, 6) is -0.0946. The Hall–Kier alpha value is -1.52. The van der Waals surface area contributed by atoms with Crippen LogP contribution in [-0.2, 0) is 6.54 Å². The van der Waals surface area contributed by atoms with Gasteiger partial charge in [0.25, 0.3) is 0 Å². The minimum Gasteiger partial charge on any atom is -0.477 e. The molecule has 1 aromatic rings. The van der Waals surface area contributed by atoms with E-state index in [2.05, 4.69) is 10.4 Å². The number of carboxylic acid groups (broad SMARTS) is 1. The summed E-state index contributed by atoms with van der Waals surface area (Å²) in [6.45, 7) is 5.54. The van der Waals surface area contributed by atoms with Crippen LogP contribution in [0.3, 0.4) is 0 Å². The number of aromatic carboxylic acids is 1. The third-order valence-electron chi connectivity index (χ3n) is 2.58. The summed E-state index contributed by atoms with van der Waals surface area (Å²) >= 11 is 0. The second kappa shape index (κ2) is 3.56. The largest absolute Gasteiger partial charge is 0.477 e. The van der Waals surface area contributed by atoms with E-state index in [1.807, 2.05) is 13.8 Å². The molecule has 0 saturated carbocycles. The number of anilines is 1. The van der Waals surface area contributed by atoms with Gasteiger partial charge in [0.1, 0.15) is 11.4 Å². The summed E-state index contributed by atoms with van der Waals surface area (Å²) in [7, 11) is 0. The van der Waals surface area contributed by atoms with Crippen LogP contribution in [0, 0.1) is 0 Å². The number of aryl methyl sites for hydroxylation is 1. The van der Waals surface area contributed by atoms with Gasteiger partial charge in [-0.05, 0) is 12.3 Å². The van der Waals surface area contributed by atoms with E-state index < -0.39 is 5.97 Å². The molecule has 5 nitrogen and oxygen atoms in total. The van der Waals surface area contributed by atoms with Gasteiger partial charge in [-0.15, -0.1) is 0 Å². The number of aromatic nitrogens is 2. The van der Waals surface area contributed by atoms with Crippen LogP contribution in [0.2, 0.25) is 0 Å². The predicted molar refractivity (Wildman–Crippen MR) is 56.4 cm³/mol. The number of hydrogen-bond donors (Lipinski definition) is 2. The molecule has 82 valence electrons. The fourth-order valence-electron chi connectivity index (χ4n) is 1.87. The number of nitrogens with zero attached hydrogens (tertiary/aromatic N) is 2. The summed E-state index contributed by atoms with van der Waals surface area (Å²) in [4.78, 5) is 11.2. The lowest BCUT2D eigenvalue weighted by Gasteiger charge is -2.15. The zero-order valence-corrected chi connectivity index (χ0v) is 8.95. The Labute approximate surface area is 88.1 Å². The molecule has 0 fully saturated rings. The highest BCUT2D eigenvalue weighted by Gasteiger charge is 2.26. The lowest BCUT2D eigenvalue weighted by atomic mass is 10.1. The first-order valence-corrected chi connectivity index (χ1v) is 5.19. The van der Waals surface area contributed by atoms with Crippen LogP contribution >= 0.6 is 0 Å². The number of rotatable bonds is 2. The zero-order valence-electron chi connectivity index (χ0n) is 8.95. The first-order valence-electron chi connectivity index (χ1n) is 5.19. The van der Waals surface area contributed by atoms with Gasteiger partial charge in [-0.2, -0.15) is 5.10 Å². The van der Waals surface area contributed by atoms with Crippen LogP contribution in [0.4, 0.5) is 5.82 Å². The lowest BCUT2D eigenvalue weighted by Crippen LogP contribution is -2.19. The molecule has 0 bridgehead atoms. The summed E-state index contributed by atoms with van der Waals surface area (Å²) < 4.78 is 1.77. The van der Waals surface area contributed by atoms with Crippen LogP contribution < -0.4 is 5.32 Å². The average molecular weight is 209 g/mol. The van der Waals surface area contributed by atoms with Gasteiger partial charge >= 0.3 is 5.97 Å². The van der Waals surface area contributed by atoms with Crippen molar-refractivity contribution in [2.24, 2.45) is 0 Å². The average Bonchev–Trinajstić information content (AvgIpc) is 2.56. The molecule has 2 heterocycles. The molecule has 1 aromatic heterocycles. The van der Waals surface area contributed by atoms with E-state index in [9.17, 15) is 4.79 Å². The standard InChI is InChI=1S/C10H15N3O2/c1-6(2)8-7(10(14)15)9-11-4-3-5-13(9)12-8/h6,11H,3-5H2,1-2H3,(H,14,15). The van der Waals surface area contributed by atoms with Crippen molar-refractivity contribution in [3.8, 4) is 0 Å². The van der Waals surface area contributed by atoms with E-state index in [1.54, 1.807) is 4.68 Å². The predicted octanol–water partition coefficient (Wildman–Crippen LogP) is 1.52. The zero-order chi connectivity index (χ0) is 11.0. The number of carboxylic acids is 1. The van der Waals surface area contributed by atoms with E-state index in [1.165, 1.54) is 0 Å². The van der Waals surface area contributed by atoms with E-state index >= 15 is 0 Å². The van der Waals surface area contributed by atoms with Crippen molar-refractivity contribution in [3.05, 3.63) is 11.3 Å². The van der Waals surface area contributed by atoms with E-state index in [4.69, 9.17) is 5.11 Å². The molecule has 1 aliphatic rings. The Morgan fingerprint density at radius 2 is 2.33 bits per heavy atom. The molecule has 0 unspecified atom stereocenters. The Kier molecular flexibility index (Phi) is 2.38. The molecular weight excluding hydrogens is 194 g/mol. The maximum absolute atomic E-state index is 11.2. The maximum Gasteiger partial charge on any atom is 0.341 e. The highest BCUT2D eigenvalue weighted by atomic mass is 16.4. The summed E-state index contributed by atoms with van der Waals surface area (Å²) in [6, 6.07) is 0. The molecule has 0 aliphatic carbocycles. The Bertz CT molecular complexity index is 396.